The van der Waals surface area contributed by atoms with Gasteiger partial charge in [0, 0.05) is 59.8 Å². The fourth-order valence-electron chi connectivity index (χ4n) is 5.52. The molecule has 0 unspecified atom stereocenters. The second kappa shape index (κ2) is 18.9. The number of amidine groups is 2. The Balaban J connectivity index is 0.00000583. The zero-order chi connectivity index (χ0) is 35.3. The number of halogens is 1. The van der Waals surface area contributed by atoms with E-state index in [1.54, 1.807) is 24.3 Å². The minimum absolute atomic E-state index is 0. The number of hydrogen-bond acceptors (Lipinski definition) is 4. The molecule has 0 aliphatic heterocycles. The molecule has 0 aliphatic rings. The largest absolute Gasteiger partial charge is 0.357 e. The van der Waals surface area contributed by atoms with Crippen LogP contribution in [0.15, 0.2) is 143 Å². The number of anilines is 2. The first-order chi connectivity index (χ1) is 24.4. The Morgan fingerprint density at radius 2 is 0.765 bits per heavy atom. The van der Waals surface area contributed by atoms with E-state index in [0.717, 1.165) is 60.4 Å². The van der Waals surface area contributed by atoms with Crippen molar-refractivity contribution in [1.29, 1.82) is 0 Å². The first-order valence-electron chi connectivity index (χ1n) is 17.1. The van der Waals surface area contributed by atoms with Gasteiger partial charge in [-0.05, 0) is 100 Å². The number of nitrogens with one attached hydrogen (secondary N) is 2. The number of carbonyl (C=O) groups is 2. The zero-order valence-electron chi connectivity index (χ0n) is 29.5. The third-order valence-electron chi connectivity index (χ3n) is 8.32. The van der Waals surface area contributed by atoms with Crippen LogP contribution in [0.25, 0.3) is 0 Å². The number of rotatable bonds is 12. The van der Waals surface area contributed by atoms with E-state index in [2.05, 4.69) is 72.4 Å². The van der Waals surface area contributed by atoms with Gasteiger partial charge in [-0.15, -0.1) is 12.4 Å². The smallest absolute Gasteiger partial charge is 0.255 e. The fraction of sp³-hybridized carbons (Fsp3) is 0.190. The second-order valence-electron chi connectivity index (χ2n) is 11.5. The van der Waals surface area contributed by atoms with Gasteiger partial charge in [-0.25, -0.2) is 9.98 Å². The first-order valence-corrected chi connectivity index (χ1v) is 17.1. The third-order valence-corrected chi connectivity index (χ3v) is 8.32. The van der Waals surface area contributed by atoms with Crippen LogP contribution in [0.5, 0.6) is 0 Å². The number of carbonyl (C=O) groups excluding carboxylic acids is 2. The number of amides is 2. The van der Waals surface area contributed by atoms with Crippen molar-refractivity contribution in [3.63, 3.8) is 0 Å². The van der Waals surface area contributed by atoms with Crippen molar-refractivity contribution in [1.82, 2.24) is 9.80 Å². The van der Waals surface area contributed by atoms with Crippen molar-refractivity contribution in [2.24, 2.45) is 9.98 Å². The molecule has 2 amide bonds. The lowest BCUT2D eigenvalue weighted by Crippen LogP contribution is -2.31. The molecule has 5 aromatic carbocycles. The summed E-state index contributed by atoms with van der Waals surface area (Å²) in [6.07, 6.45) is 0. The van der Waals surface area contributed by atoms with Crippen LogP contribution in [0.4, 0.5) is 22.7 Å². The molecule has 0 saturated heterocycles. The molecule has 5 aromatic rings. The summed E-state index contributed by atoms with van der Waals surface area (Å²) in [5.74, 6) is 1.28. The molecular weight excluding hydrogens is 656 g/mol. The van der Waals surface area contributed by atoms with Gasteiger partial charge in [0.15, 0.2) is 0 Å². The Morgan fingerprint density at radius 1 is 0.451 bits per heavy atom. The predicted molar refractivity (Wildman–Crippen MR) is 214 cm³/mol. The Morgan fingerprint density at radius 3 is 1.06 bits per heavy atom. The topological polar surface area (TPSA) is 89.4 Å². The van der Waals surface area contributed by atoms with Gasteiger partial charge in [0.05, 0.1) is 11.4 Å². The van der Waals surface area contributed by atoms with Gasteiger partial charge in [0.2, 0.25) is 0 Å². The number of hydrogen-bond donors (Lipinski definition) is 2. The maximum atomic E-state index is 13.0. The molecule has 0 saturated carbocycles. The minimum Gasteiger partial charge on any atom is -0.357 e. The lowest BCUT2D eigenvalue weighted by molar-refractivity contribution is 0.101. The van der Waals surface area contributed by atoms with Crippen LogP contribution >= 0.6 is 12.4 Å². The summed E-state index contributed by atoms with van der Waals surface area (Å²) in [6.45, 7) is 11.8. The van der Waals surface area contributed by atoms with Gasteiger partial charge in [-0.2, -0.15) is 0 Å². The van der Waals surface area contributed by atoms with Gasteiger partial charge in [-0.3, -0.25) is 9.59 Å². The SMILES string of the molecule is CCN(CC)C(=Nc1ccc(NC(=O)c2ccc(C(=O)Nc3ccc(N=C(c4ccccc4)N(CC)CC)cc3)cc2)cc1)c1ccccc1.Cl. The van der Waals surface area contributed by atoms with Crippen molar-refractivity contribution in [3.05, 3.63) is 156 Å². The molecule has 262 valence electrons. The Kier molecular flexibility index (Phi) is 14.1. The normalized spacial score (nSPS) is 11.3. The summed E-state index contributed by atoms with van der Waals surface area (Å²) in [4.78, 5) is 40.3. The molecule has 0 radical (unpaired) electrons. The molecular formula is C42H45ClN6O2. The Labute approximate surface area is 307 Å². The molecule has 0 aromatic heterocycles. The summed E-state index contributed by atoms with van der Waals surface area (Å²) >= 11 is 0. The van der Waals surface area contributed by atoms with E-state index in [-0.39, 0.29) is 24.2 Å². The monoisotopic (exact) mass is 700 g/mol. The van der Waals surface area contributed by atoms with Crippen LogP contribution in [-0.4, -0.2) is 59.5 Å². The molecule has 0 aliphatic carbocycles. The maximum Gasteiger partial charge on any atom is 0.255 e. The minimum atomic E-state index is -0.267. The van der Waals surface area contributed by atoms with E-state index in [9.17, 15) is 9.59 Å². The Bertz CT molecular complexity index is 1760. The zero-order valence-corrected chi connectivity index (χ0v) is 30.4. The molecule has 9 heteroatoms. The number of aliphatic imine (C=N–C) groups is 2. The maximum absolute atomic E-state index is 13.0. The van der Waals surface area contributed by atoms with Gasteiger partial charge in [-0.1, -0.05) is 60.7 Å². The summed E-state index contributed by atoms with van der Waals surface area (Å²) in [5.41, 5.74) is 5.89. The van der Waals surface area contributed by atoms with Crippen LogP contribution in [0.2, 0.25) is 0 Å². The van der Waals surface area contributed by atoms with Crippen LogP contribution in [0, 0.1) is 0 Å². The average molecular weight is 701 g/mol. The highest BCUT2D eigenvalue weighted by Gasteiger charge is 2.14. The number of nitrogens with zero attached hydrogens (tertiary/aromatic N) is 4. The highest BCUT2D eigenvalue weighted by molar-refractivity contribution is 6.07. The fourth-order valence-corrected chi connectivity index (χ4v) is 5.52. The van der Waals surface area contributed by atoms with Gasteiger partial charge in [0.25, 0.3) is 11.8 Å². The van der Waals surface area contributed by atoms with E-state index in [0.29, 0.717) is 22.5 Å². The predicted octanol–water partition coefficient (Wildman–Crippen LogP) is 9.45. The molecule has 0 spiro atoms. The standard InChI is InChI=1S/C42H44N6O2.ClH/c1-5-47(6-2)39(31-15-11-9-12-16-31)43-35-23-27-37(28-24-35)45-41(49)33-19-21-34(22-20-33)42(50)46-38-29-25-36(26-30-38)44-40(48(7-3)8-4)32-17-13-10-14-18-32;/h9-30H,5-8H2,1-4H3,(H,45,49)(H,46,50);1H. The molecule has 2 N–H and O–H groups in total. The third kappa shape index (κ3) is 10.2. The van der Waals surface area contributed by atoms with Crippen molar-refractivity contribution < 1.29 is 9.59 Å². The van der Waals surface area contributed by atoms with E-state index >= 15 is 0 Å². The van der Waals surface area contributed by atoms with Gasteiger partial charge < -0.3 is 20.4 Å². The number of benzene rings is 5. The molecule has 0 bridgehead atoms. The summed E-state index contributed by atoms with van der Waals surface area (Å²) in [7, 11) is 0. The highest BCUT2D eigenvalue weighted by atomic mass is 35.5. The first kappa shape index (κ1) is 38.1. The van der Waals surface area contributed by atoms with E-state index in [1.807, 2.05) is 84.9 Å². The molecule has 0 heterocycles. The second-order valence-corrected chi connectivity index (χ2v) is 11.5. The van der Waals surface area contributed by atoms with Gasteiger partial charge in [0.1, 0.15) is 11.7 Å². The average Bonchev–Trinajstić information content (AvgIpc) is 3.17. The molecule has 0 atom stereocenters. The van der Waals surface area contributed by atoms with Crippen molar-refractivity contribution in [2.45, 2.75) is 27.7 Å². The van der Waals surface area contributed by atoms with Crippen molar-refractivity contribution in [2.75, 3.05) is 36.8 Å². The van der Waals surface area contributed by atoms with Crippen LogP contribution in [-0.2, 0) is 0 Å². The van der Waals surface area contributed by atoms with Crippen LogP contribution in [0.3, 0.4) is 0 Å². The van der Waals surface area contributed by atoms with E-state index < -0.39 is 0 Å². The summed E-state index contributed by atoms with van der Waals surface area (Å²) in [6, 6.07) is 41.8. The lowest BCUT2D eigenvalue weighted by Gasteiger charge is -2.23. The van der Waals surface area contributed by atoms with E-state index in [4.69, 9.17) is 9.98 Å². The van der Waals surface area contributed by atoms with E-state index in [1.165, 1.54) is 0 Å². The molecule has 8 nitrogen and oxygen atoms in total. The summed E-state index contributed by atoms with van der Waals surface area (Å²) in [5, 5.41) is 5.87. The Hall–Kier alpha value is -5.73. The molecule has 5 rings (SSSR count). The highest BCUT2D eigenvalue weighted by Crippen LogP contribution is 2.22. The quantitative estimate of drug-likeness (QED) is 0.100. The van der Waals surface area contributed by atoms with Crippen LogP contribution < -0.4 is 10.6 Å². The summed E-state index contributed by atoms with van der Waals surface area (Å²) < 4.78 is 0. The van der Waals surface area contributed by atoms with Crippen LogP contribution in [0.1, 0.15) is 59.5 Å². The lowest BCUT2D eigenvalue weighted by atomic mass is 10.1. The van der Waals surface area contributed by atoms with Crippen molar-refractivity contribution in [3.8, 4) is 0 Å². The van der Waals surface area contributed by atoms with Gasteiger partial charge >= 0.3 is 0 Å². The molecule has 51 heavy (non-hydrogen) atoms. The van der Waals surface area contributed by atoms with Crippen molar-refractivity contribution >= 4 is 58.6 Å². The molecule has 0 fully saturated rings.